The van der Waals surface area contributed by atoms with E-state index in [1.165, 1.54) is 0 Å². The first kappa shape index (κ1) is 14.7. The van der Waals surface area contributed by atoms with Crippen molar-refractivity contribution in [2.75, 3.05) is 25.2 Å². The van der Waals surface area contributed by atoms with Crippen LogP contribution in [0.3, 0.4) is 0 Å². The molecule has 0 spiro atoms. The summed E-state index contributed by atoms with van der Waals surface area (Å²) in [6, 6.07) is 5.28. The van der Waals surface area contributed by atoms with E-state index in [1.54, 1.807) is 25.3 Å². The van der Waals surface area contributed by atoms with Gasteiger partial charge in [0.25, 0.3) is 0 Å². The van der Waals surface area contributed by atoms with Gasteiger partial charge >= 0.3 is 0 Å². The van der Waals surface area contributed by atoms with Crippen molar-refractivity contribution in [3.8, 4) is 11.5 Å². The zero-order chi connectivity index (χ0) is 13.4. The van der Waals surface area contributed by atoms with E-state index in [1.807, 2.05) is 11.8 Å². The Morgan fingerprint density at radius 3 is 2.78 bits per heavy atom. The van der Waals surface area contributed by atoms with E-state index in [0.29, 0.717) is 23.7 Å². The van der Waals surface area contributed by atoms with Crippen LogP contribution in [0.15, 0.2) is 18.2 Å². The van der Waals surface area contributed by atoms with Crippen LogP contribution in [-0.2, 0) is 0 Å². The van der Waals surface area contributed by atoms with E-state index in [4.69, 9.17) is 20.6 Å². The van der Waals surface area contributed by atoms with Crippen LogP contribution in [0.1, 0.15) is 18.9 Å². The Bertz CT molecular complexity index is 397. The molecule has 0 atom stereocenters. The van der Waals surface area contributed by atoms with E-state index in [9.17, 15) is 0 Å². The van der Waals surface area contributed by atoms with Gasteiger partial charge in [-0.15, -0.1) is 0 Å². The van der Waals surface area contributed by atoms with Gasteiger partial charge in [0.15, 0.2) is 11.5 Å². The molecule has 0 aliphatic carbocycles. The predicted octanol–water partition coefficient (Wildman–Crippen LogP) is 2.50. The third-order valence-electron chi connectivity index (χ3n) is 2.37. The van der Waals surface area contributed by atoms with Crippen LogP contribution in [-0.4, -0.2) is 31.1 Å². The van der Waals surface area contributed by atoms with Gasteiger partial charge in [-0.25, -0.2) is 0 Å². The molecule has 0 saturated carbocycles. The third-order valence-corrected chi connectivity index (χ3v) is 3.35. The molecule has 18 heavy (non-hydrogen) atoms. The van der Waals surface area contributed by atoms with Gasteiger partial charge in [0.1, 0.15) is 5.84 Å². The Morgan fingerprint density at radius 2 is 2.17 bits per heavy atom. The van der Waals surface area contributed by atoms with Gasteiger partial charge in [0.2, 0.25) is 0 Å². The van der Waals surface area contributed by atoms with E-state index >= 15 is 0 Å². The number of nitrogen functional groups attached to an aromatic ring is 1. The van der Waals surface area contributed by atoms with Gasteiger partial charge in [-0.1, -0.05) is 6.92 Å². The Kier molecular flexibility index (Phi) is 6.43. The topological polar surface area (TPSA) is 68.3 Å². The molecular formula is C13H20N2O2S. The van der Waals surface area contributed by atoms with Gasteiger partial charge in [-0.05, 0) is 36.1 Å². The lowest BCUT2D eigenvalue weighted by Crippen LogP contribution is -2.11. The molecule has 0 unspecified atom stereocenters. The van der Waals surface area contributed by atoms with E-state index in [2.05, 4.69) is 6.92 Å². The molecule has 0 aromatic heterocycles. The average Bonchev–Trinajstić information content (AvgIpc) is 2.38. The first-order valence-electron chi connectivity index (χ1n) is 5.92. The lowest BCUT2D eigenvalue weighted by molar-refractivity contribution is 0.295. The highest BCUT2D eigenvalue weighted by Crippen LogP contribution is 2.28. The quantitative estimate of drug-likeness (QED) is 0.432. The van der Waals surface area contributed by atoms with Gasteiger partial charge < -0.3 is 15.2 Å². The van der Waals surface area contributed by atoms with Crippen LogP contribution in [0.5, 0.6) is 11.5 Å². The molecule has 4 nitrogen and oxygen atoms in total. The Morgan fingerprint density at radius 1 is 1.39 bits per heavy atom. The lowest BCUT2D eigenvalue weighted by Gasteiger charge is -2.11. The fourth-order valence-corrected chi connectivity index (χ4v) is 2.05. The van der Waals surface area contributed by atoms with Crippen molar-refractivity contribution in [3.05, 3.63) is 23.8 Å². The third kappa shape index (κ3) is 4.49. The average molecular weight is 268 g/mol. The first-order chi connectivity index (χ1) is 8.69. The molecular weight excluding hydrogens is 248 g/mol. The minimum atomic E-state index is 0.0270. The molecule has 100 valence electrons. The fourth-order valence-electron chi connectivity index (χ4n) is 1.44. The maximum atomic E-state index is 7.37. The number of nitrogens with one attached hydrogen (secondary N) is 1. The number of nitrogens with two attached hydrogens (primary N) is 1. The van der Waals surface area contributed by atoms with E-state index in [-0.39, 0.29) is 5.84 Å². The number of methoxy groups -OCH3 is 1. The summed E-state index contributed by atoms with van der Waals surface area (Å²) < 4.78 is 10.9. The molecule has 0 saturated heterocycles. The zero-order valence-corrected chi connectivity index (χ0v) is 11.7. The zero-order valence-electron chi connectivity index (χ0n) is 10.9. The molecule has 5 heteroatoms. The minimum absolute atomic E-state index is 0.0270. The van der Waals surface area contributed by atoms with Crippen molar-refractivity contribution in [2.45, 2.75) is 13.3 Å². The largest absolute Gasteiger partial charge is 0.493 e. The Hall–Kier alpha value is -1.36. The van der Waals surface area contributed by atoms with Crippen LogP contribution in [0.4, 0.5) is 0 Å². The number of amidine groups is 1. The summed E-state index contributed by atoms with van der Waals surface area (Å²) in [4.78, 5) is 0. The Balaban J connectivity index is 2.57. The normalized spacial score (nSPS) is 10.1. The van der Waals surface area contributed by atoms with Crippen molar-refractivity contribution in [1.82, 2.24) is 0 Å². The minimum Gasteiger partial charge on any atom is -0.493 e. The second kappa shape index (κ2) is 7.87. The summed E-state index contributed by atoms with van der Waals surface area (Å²) >= 11 is 1.90. The van der Waals surface area contributed by atoms with Crippen LogP contribution >= 0.6 is 11.8 Å². The summed E-state index contributed by atoms with van der Waals surface area (Å²) in [7, 11) is 1.58. The van der Waals surface area contributed by atoms with Gasteiger partial charge in [0, 0.05) is 5.56 Å². The highest BCUT2D eigenvalue weighted by Gasteiger charge is 2.07. The second-order valence-corrected chi connectivity index (χ2v) is 5.07. The highest BCUT2D eigenvalue weighted by atomic mass is 32.2. The Labute approximate surface area is 112 Å². The molecule has 0 aliphatic heterocycles. The second-order valence-electron chi connectivity index (χ2n) is 3.68. The number of hydrogen-bond donors (Lipinski definition) is 2. The number of benzene rings is 1. The summed E-state index contributed by atoms with van der Waals surface area (Å²) in [6.45, 7) is 2.82. The van der Waals surface area contributed by atoms with Crippen molar-refractivity contribution in [1.29, 1.82) is 5.41 Å². The van der Waals surface area contributed by atoms with Gasteiger partial charge in [0.05, 0.1) is 13.7 Å². The predicted molar refractivity (Wildman–Crippen MR) is 77.1 cm³/mol. The van der Waals surface area contributed by atoms with Gasteiger partial charge in [-0.2, -0.15) is 11.8 Å². The van der Waals surface area contributed by atoms with Crippen LogP contribution in [0, 0.1) is 5.41 Å². The maximum absolute atomic E-state index is 7.37. The van der Waals surface area contributed by atoms with E-state index < -0.39 is 0 Å². The van der Waals surface area contributed by atoms with Crippen LogP contribution < -0.4 is 15.2 Å². The molecule has 0 radical (unpaired) electrons. The summed E-state index contributed by atoms with van der Waals surface area (Å²) in [5.41, 5.74) is 6.07. The first-order valence-corrected chi connectivity index (χ1v) is 7.07. The number of thioether (sulfide) groups is 1. The fraction of sp³-hybridized carbons (Fsp3) is 0.462. The molecule has 0 amide bonds. The smallest absolute Gasteiger partial charge is 0.161 e. The van der Waals surface area contributed by atoms with Crippen LogP contribution in [0.25, 0.3) is 0 Å². The lowest BCUT2D eigenvalue weighted by atomic mass is 10.2. The van der Waals surface area contributed by atoms with Crippen LogP contribution in [0.2, 0.25) is 0 Å². The number of hydrogen-bond acceptors (Lipinski definition) is 4. The van der Waals surface area contributed by atoms with Crippen molar-refractivity contribution in [3.63, 3.8) is 0 Å². The van der Waals surface area contributed by atoms with Gasteiger partial charge in [-0.3, -0.25) is 5.41 Å². The summed E-state index contributed by atoms with van der Waals surface area (Å²) in [6.07, 6.45) is 1.01. The number of ether oxygens (including phenoxy) is 2. The molecule has 1 aromatic carbocycles. The van der Waals surface area contributed by atoms with Crippen molar-refractivity contribution >= 4 is 17.6 Å². The molecule has 1 rings (SSSR count). The van der Waals surface area contributed by atoms with Crippen molar-refractivity contribution < 1.29 is 9.47 Å². The highest BCUT2D eigenvalue weighted by molar-refractivity contribution is 7.99. The molecule has 0 heterocycles. The number of rotatable bonds is 8. The molecule has 1 aromatic rings. The molecule has 0 bridgehead atoms. The molecule has 3 N–H and O–H groups in total. The van der Waals surface area contributed by atoms with E-state index in [0.717, 1.165) is 17.9 Å². The summed E-state index contributed by atoms with van der Waals surface area (Å²) in [5.74, 6) is 3.58. The monoisotopic (exact) mass is 268 g/mol. The standard InChI is InChI=1S/C13H20N2O2S/c1-3-18-8-4-7-17-11-6-5-10(13(14)15)9-12(11)16-2/h5-6,9H,3-4,7-8H2,1-2H3,(H3,14,15). The summed E-state index contributed by atoms with van der Waals surface area (Å²) in [5, 5.41) is 7.37. The molecule has 0 fully saturated rings. The SMILES string of the molecule is CCSCCCOc1ccc(C(=N)N)cc1OC. The molecule has 0 aliphatic rings. The van der Waals surface area contributed by atoms with Crippen molar-refractivity contribution in [2.24, 2.45) is 5.73 Å². The maximum Gasteiger partial charge on any atom is 0.161 e.